The molecule has 0 aromatic carbocycles. The van der Waals surface area contributed by atoms with E-state index in [0.29, 0.717) is 17.6 Å². The topological polar surface area (TPSA) is 21.3 Å². The molecule has 0 radical (unpaired) electrons. The van der Waals surface area contributed by atoms with Crippen LogP contribution in [0.2, 0.25) is 0 Å². The van der Waals surface area contributed by atoms with Crippen LogP contribution in [0.25, 0.3) is 0 Å². The normalized spacial score (nSPS) is 20.6. The van der Waals surface area contributed by atoms with Crippen LogP contribution in [-0.2, 0) is 4.74 Å². The molecule has 90 valence electrons. The van der Waals surface area contributed by atoms with E-state index in [1.807, 2.05) is 0 Å². The number of rotatable bonds is 8. The van der Waals surface area contributed by atoms with Gasteiger partial charge in [-0.05, 0) is 58.4 Å². The fourth-order valence-corrected chi connectivity index (χ4v) is 2.14. The molecule has 0 saturated heterocycles. The standard InChI is InChI=1S/C13H27NO/c1-5-9-14-12(4)13(6-7-13)8-10-15-11(2)3/h11-12,14H,5-10H2,1-4H3. The maximum absolute atomic E-state index is 5.64. The minimum Gasteiger partial charge on any atom is -0.379 e. The van der Waals surface area contributed by atoms with E-state index in [1.165, 1.54) is 25.7 Å². The highest BCUT2D eigenvalue weighted by molar-refractivity contribution is 5.00. The van der Waals surface area contributed by atoms with Gasteiger partial charge in [0.1, 0.15) is 0 Å². The second kappa shape index (κ2) is 5.86. The van der Waals surface area contributed by atoms with Gasteiger partial charge in [0.15, 0.2) is 0 Å². The lowest BCUT2D eigenvalue weighted by molar-refractivity contribution is 0.0619. The van der Waals surface area contributed by atoms with E-state index in [2.05, 4.69) is 33.0 Å². The Balaban J connectivity index is 2.20. The third-order valence-corrected chi connectivity index (χ3v) is 3.56. The Morgan fingerprint density at radius 2 is 1.93 bits per heavy atom. The summed E-state index contributed by atoms with van der Waals surface area (Å²) in [5, 5.41) is 3.62. The van der Waals surface area contributed by atoms with E-state index in [0.717, 1.165) is 13.2 Å². The van der Waals surface area contributed by atoms with Crippen LogP contribution in [0, 0.1) is 5.41 Å². The molecule has 1 atom stereocenters. The molecule has 0 bridgehead atoms. The van der Waals surface area contributed by atoms with Crippen molar-refractivity contribution in [1.29, 1.82) is 0 Å². The van der Waals surface area contributed by atoms with Crippen LogP contribution in [0.1, 0.15) is 53.4 Å². The fraction of sp³-hybridized carbons (Fsp3) is 1.00. The molecular formula is C13H27NO. The molecule has 2 heteroatoms. The van der Waals surface area contributed by atoms with Crippen molar-refractivity contribution < 1.29 is 4.74 Å². The van der Waals surface area contributed by atoms with Crippen molar-refractivity contribution in [3.8, 4) is 0 Å². The molecule has 1 aliphatic rings. The number of hydrogen-bond donors (Lipinski definition) is 1. The summed E-state index contributed by atoms with van der Waals surface area (Å²) >= 11 is 0. The Bertz CT molecular complexity index is 175. The second-order valence-electron chi connectivity index (χ2n) is 5.21. The minimum absolute atomic E-state index is 0.375. The van der Waals surface area contributed by atoms with Crippen molar-refractivity contribution >= 4 is 0 Å². The summed E-state index contributed by atoms with van der Waals surface area (Å²) in [6, 6.07) is 0.660. The zero-order chi connectivity index (χ0) is 11.3. The molecule has 0 heterocycles. The van der Waals surface area contributed by atoms with Gasteiger partial charge in [0.2, 0.25) is 0 Å². The van der Waals surface area contributed by atoms with Crippen LogP contribution in [-0.4, -0.2) is 25.3 Å². The van der Waals surface area contributed by atoms with Gasteiger partial charge in [-0.3, -0.25) is 0 Å². The van der Waals surface area contributed by atoms with Gasteiger partial charge in [-0.15, -0.1) is 0 Å². The van der Waals surface area contributed by atoms with E-state index >= 15 is 0 Å². The van der Waals surface area contributed by atoms with Crippen LogP contribution in [0.15, 0.2) is 0 Å². The molecule has 1 fully saturated rings. The van der Waals surface area contributed by atoms with Crippen molar-refractivity contribution in [3.05, 3.63) is 0 Å². The van der Waals surface area contributed by atoms with Gasteiger partial charge in [-0.25, -0.2) is 0 Å². The van der Waals surface area contributed by atoms with Crippen LogP contribution < -0.4 is 5.32 Å². The molecule has 1 N–H and O–H groups in total. The van der Waals surface area contributed by atoms with Gasteiger partial charge in [0, 0.05) is 12.6 Å². The summed E-state index contributed by atoms with van der Waals surface area (Å²) in [5.74, 6) is 0. The Kier molecular flexibility index (Phi) is 5.07. The van der Waals surface area contributed by atoms with Crippen LogP contribution >= 0.6 is 0 Å². The Hall–Kier alpha value is -0.0800. The molecule has 1 unspecified atom stereocenters. The summed E-state index contributed by atoms with van der Waals surface area (Å²) in [5.41, 5.74) is 0.560. The Labute approximate surface area is 94.8 Å². The predicted molar refractivity (Wildman–Crippen MR) is 65.1 cm³/mol. The van der Waals surface area contributed by atoms with Crippen LogP contribution in [0.5, 0.6) is 0 Å². The maximum Gasteiger partial charge on any atom is 0.0518 e. The van der Waals surface area contributed by atoms with Gasteiger partial charge >= 0.3 is 0 Å². The lowest BCUT2D eigenvalue weighted by atomic mass is 9.94. The molecule has 1 rings (SSSR count). The molecule has 2 nitrogen and oxygen atoms in total. The molecular weight excluding hydrogens is 186 g/mol. The summed E-state index contributed by atoms with van der Waals surface area (Å²) in [6.07, 6.45) is 5.59. The zero-order valence-corrected chi connectivity index (χ0v) is 10.8. The van der Waals surface area contributed by atoms with E-state index < -0.39 is 0 Å². The highest BCUT2D eigenvalue weighted by Crippen LogP contribution is 2.51. The van der Waals surface area contributed by atoms with E-state index in [-0.39, 0.29) is 0 Å². The van der Waals surface area contributed by atoms with Gasteiger partial charge in [0.05, 0.1) is 6.10 Å². The van der Waals surface area contributed by atoms with E-state index in [4.69, 9.17) is 4.74 Å². The van der Waals surface area contributed by atoms with Crippen molar-refractivity contribution in [2.45, 2.75) is 65.5 Å². The van der Waals surface area contributed by atoms with E-state index in [1.54, 1.807) is 0 Å². The van der Waals surface area contributed by atoms with Crippen molar-refractivity contribution in [1.82, 2.24) is 5.32 Å². The highest BCUT2D eigenvalue weighted by atomic mass is 16.5. The third-order valence-electron chi connectivity index (χ3n) is 3.56. The first kappa shape index (κ1) is 13.0. The number of nitrogens with one attached hydrogen (secondary N) is 1. The maximum atomic E-state index is 5.64. The minimum atomic E-state index is 0.375. The molecule has 1 saturated carbocycles. The molecule has 1 aliphatic carbocycles. The van der Waals surface area contributed by atoms with Crippen LogP contribution in [0.3, 0.4) is 0 Å². The van der Waals surface area contributed by atoms with Crippen molar-refractivity contribution in [3.63, 3.8) is 0 Å². The summed E-state index contributed by atoms with van der Waals surface area (Å²) in [7, 11) is 0. The van der Waals surface area contributed by atoms with Crippen molar-refractivity contribution in [2.75, 3.05) is 13.2 Å². The van der Waals surface area contributed by atoms with Gasteiger partial charge in [-0.2, -0.15) is 0 Å². The monoisotopic (exact) mass is 213 g/mol. The van der Waals surface area contributed by atoms with Gasteiger partial charge in [0.25, 0.3) is 0 Å². The summed E-state index contributed by atoms with van der Waals surface area (Å²) < 4.78 is 5.64. The first-order valence-electron chi connectivity index (χ1n) is 6.46. The van der Waals surface area contributed by atoms with Gasteiger partial charge < -0.3 is 10.1 Å². The summed E-state index contributed by atoms with van der Waals surface area (Å²) in [6.45, 7) is 10.8. The first-order valence-corrected chi connectivity index (χ1v) is 6.46. The summed E-state index contributed by atoms with van der Waals surface area (Å²) in [4.78, 5) is 0. The number of ether oxygens (including phenoxy) is 1. The average Bonchev–Trinajstić information content (AvgIpc) is 2.95. The Morgan fingerprint density at radius 1 is 1.27 bits per heavy atom. The average molecular weight is 213 g/mol. The second-order valence-corrected chi connectivity index (χ2v) is 5.21. The fourth-order valence-electron chi connectivity index (χ4n) is 2.14. The van der Waals surface area contributed by atoms with Crippen molar-refractivity contribution in [2.24, 2.45) is 5.41 Å². The predicted octanol–water partition coefficient (Wildman–Crippen LogP) is 2.97. The Morgan fingerprint density at radius 3 is 2.40 bits per heavy atom. The molecule has 0 aliphatic heterocycles. The quantitative estimate of drug-likeness (QED) is 0.669. The first-order chi connectivity index (χ1) is 7.10. The van der Waals surface area contributed by atoms with E-state index in [9.17, 15) is 0 Å². The molecule has 0 spiro atoms. The lowest BCUT2D eigenvalue weighted by Gasteiger charge is -2.25. The van der Waals surface area contributed by atoms with Crippen LogP contribution in [0.4, 0.5) is 0 Å². The largest absolute Gasteiger partial charge is 0.379 e. The zero-order valence-electron chi connectivity index (χ0n) is 10.8. The number of hydrogen-bond acceptors (Lipinski definition) is 2. The highest BCUT2D eigenvalue weighted by Gasteiger charge is 2.46. The third kappa shape index (κ3) is 4.12. The molecule has 15 heavy (non-hydrogen) atoms. The molecule has 0 aromatic heterocycles. The molecule has 0 amide bonds. The van der Waals surface area contributed by atoms with Gasteiger partial charge in [-0.1, -0.05) is 6.92 Å². The molecule has 0 aromatic rings. The smallest absolute Gasteiger partial charge is 0.0518 e. The lowest BCUT2D eigenvalue weighted by Crippen LogP contribution is -2.36. The SMILES string of the molecule is CCCNC(C)C1(CCOC(C)C)CC1.